The third kappa shape index (κ3) is 2.97. The van der Waals surface area contributed by atoms with Crippen LogP contribution in [0.2, 0.25) is 0 Å². The Labute approximate surface area is 79.5 Å². The van der Waals surface area contributed by atoms with Gasteiger partial charge in [-0.05, 0) is 26.3 Å². The highest BCUT2D eigenvalue weighted by Crippen LogP contribution is 2.06. The van der Waals surface area contributed by atoms with Crippen LogP contribution in [0.15, 0.2) is 0 Å². The summed E-state index contributed by atoms with van der Waals surface area (Å²) in [5.41, 5.74) is 5.31. The largest absolute Gasteiger partial charge is 0.340 e. The fourth-order valence-corrected chi connectivity index (χ4v) is 1.71. The Balaban J connectivity index is 2.33. The second-order valence-corrected chi connectivity index (χ2v) is 3.43. The fraction of sp³-hybridized carbons (Fsp3) is 0.889. The monoisotopic (exact) mass is 185 g/mol. The van der Waals surface area contributed by atoms with Crippen molar-refractivity contribution in [2.75, 3.05) is 26.2 Å². The van der Waals surface area contributed by atoms with Crippen molar-refractivity contribution in [2.45, 2.75) is 25.8 Å². The Morgan fingerprint density at radius 3 is 2.92 bits per heavy atom. The van der Waals surface area contributed by atoms with Crippen molar-refractivity contribution in [2.24, 2.45) is 5.73 Å². The zero-order valence-electron chi connectivity index (χ0n) is 8.25. The predicted octanol–water partition coefficient (Wildman–Crippen LogP) is -0.454. The molecule has 0 aromatic rings. The highest BCUT2D eigenvalue weighted by Gasteiger charge is 2.19. The van der Waals surface area contributed by atoms with E-state index in [0.29, 0.717) is 6.04 Å². The summed E-state index contributed by atoms with van der Waals surface area (Å²) >= 11 is 0. The van der Waals surface area contributed by atoms with Crippen LogP contribution in [-0.4, -0.2) is 43.0 Å². The van der Waals surface area contributed by atoms with Crippen LogP contribution in [0, 0.1) is 0 Å². The quantitative estimate of drug-likeness (QED) is 0.623. The van der Waals surface area contributed by atoms with Crippen molar-refractivity contribution >= 4 is 5.91 Å². The summed E-state index contributed by atoms with van der Waals surface area (Å²) in [6, 6.07) is 0.482. The van der Waals surface area contributed by atoms with E-state index in [0.717, 1.165) is 19.6 Å². The first-order valence-corrected chi connectivity index (χ1v) is 4.99. The summed E-state index contributed by atoms with van der Waals surface area (Å²) in [5.74, 6) is 0.0520. The van der Waals surface area contributed by atoms with Gasteiger partial charge in [0.15, 0.2) is 0 Å². The first-order chi connectivity index (χ1) is 6.27. The van der Waals surface area contributed by atoms with Gasteiger partial charge in [-0.3, -0.25) is 4.79 Å². The molecule has 1 heterocycles. The smallest absolute Gasteiger partial charge is 0.236 e. The van der Waals surface area contributed by atoms with Crippen LogP contribution in [0.3, 0.4) is 0 Å². The van der Waals surface area contributed by atoms with E-state index >= 15 is 0 Å². The minimum Gasteiger partial charge on any atom is -0.340 e. The molecule has 1 saturated heterocycles. The van der Waals surface area contributed by atoms with E-state index < -0.39 is 0 Å². The van der Waals surface area contributed by atoms with Gasteiger partial charge >= 0.3 is 0 Å². The number of rotatable bonds is 4. The molecule has 1 unspecified atom stereocenters. The number of carbonyl (C=O) groups is 1. The minimum absolute atomic E-state index is 0.0520. The van der Waals surface area contributed by atoms with E-state index in [-0.39, 0.29) is 12.5 Å². The summed E-state index contributed by atoms with van der Waals surface area (Å²) in [5, 5.41) is 3.37. The molecule has 0 bridgehead atoms. The molecule has 1 atom stereocenters. The molecule has 1 aliphatic rings. The van der Waals surface area contributed by atoms with Crippen LogP contribution in [0.4, 0.5) is 0 Å². The average Bonchev–Trinajstić information content (AvgIpc) is 2.65. The van der Waals surface area contributed by atoms with Gasteiger partial charge in [-0.25, -0.2) is 0 Å². The maximum atomic E-state index is 11.3. The molecule has 0 aromatic heterocycles. The fourth-order valence-electron chi connectivity index (χ4n) is 1.71. The van der Waals surface area contributed by atoms with Crippen LogP contribution in [-0.2, 0) is 4.79 Å². The first-order valence-electron chi connectivity index (χ1n) is 4.99. The van der Waals surface area contributed by atoms with Gasteiger partial charge in [0.25, 0.3) is 0 Å². The van der Waals surface area contributed by atoms with Crippen molar-refractivity contribution in [3.8, 4) is 0 Å². The molecular formula is C9H19N3O. The van der Waals surface area contributed by atoms with Gasteiger partial charge in [-0.2, -0.15) is 0 Å². The summed E-state index contributed by atoms with van der Waals surface area (Å²) in [6.07, 6.45) is 2.40. The second-order valence-electron chi connectivity index (χ2n) is 3.43. The van der Waals surface area contributed by atoms with E-state index in [9.17, 15) is 4.79 Å². The molecule has 0 aromatic carbocycles. The standard InChI is InChI=1S/C9H19N3O/c1-2-12(9(13)6-10)7-8-4-3-5-11-8/h8,11H,2-7,10H2,1H3. The van der Waals surface area contributed by atoms with Crippen LogP contribution >= 0.6 is 0 Å². The molecule has 4 nitrogen and oxygen atoms in total. The lowest BCUT2D eigenvalue weighted by molar-refractivity contribution is -0.129. The van der Waals surface area contributed by atoms with Crippen LogP contribution in [0.25, 0.3) is 0 Å². The van der Waals surface area contributed by atoms with Crippen LogP contribution in [0.1, 0.15) is 19.8 Å². The van der Waals surface area contributed by atoms with Crippen molar-refractivity contribution < 1.29 is 4.79 Å². The number of nitrogens with two attached hydrogens (primary N) is 1. The Morgan fingerprint density at radius 1 is 1.69 bits per heavy atom. The Kier molecular flexibility index (Phi) is 4.18. The molecule has 76 valence electrons. The zero-order chi connectivity index (χ0) is 9.68. The molecule has 3 N–H and O–H groups in total. The average molecular weight is 185 g/mol. The number of likely N-dealkylation sites (N-methyl/N-ethyl adjacent to an activating group) is 1. The lowest BCUT2D eigenvalue weighted by Crippen LogP contribution is -2.43. The normalized spacial score (nSPS) is 21.8. The summed E-state index contributed by atoms with van der Waals surface area (Å²) < 4.78 is 0. The molecule has 4 heteroatoms. The molecule has 1 fully saturated rings. The van der Waals surface area contributed by atoms with Crippen molar-refractivity contribution in [3.63, 3.8) is 0 Å². The molecule has 1 amide bonds. The van der Waals surface area contributed by atoms with Gasteiger partial charge in [-0.15, -0.1) is 0 Å². The number of amides is 1. The molecule has 0 spiro atoms. The van der Waals surface area contributed by atoms with Gasteiger partial charge in [-0.1, -0.05) is 0 Å². The van der Waals surface area contributed by atoms with Gasteiger partial charge in [0.05, 0.1) is 6.54 Å². The molecule has 0 aliphatic carbocycles. The number of carbonyl (C=O) groups excluding carboxylic acids is 1. The molecule has 0 saturated carbocycles. The van der Waals surface area contributed by atoms with E-state index in [1.807, 2.05) is 11.8 Å². The number of hydrogen-bond acceptors (Lipinski definition) is 3. The Bertz CT molecular complexity index is 166. The molecule has 1 aliphatic heterocycles. The van der Waals surface area contributed by atoms with Gasteiger partial charge in [0.2, 0.25) is 5.91 Å². The number of nitrogens with zero attached hydrogens (tertiary/aromatic N) is 1. The van der Waals surface area contributed by atoms with Gasteiger partial charge in [0.1, 0.15) is 0 Å². The summed E-state index contributed by atoms with van der Waals surface area (Å²) in [4.78, 5) is 13.1. The topological polar surface area (TPSA) is 58.4 Å². The lowest BCUT2D eigenvalue weighted by atomic mass is 10.2. The molecular weight excluding hydrogens is 166 g/mol. The highest BCUT2D eigenvalue weighted by atomic mass is 16.2. The third-order valence-corrected chi connectivity index (χ3v) is 2.51. The Hall–Kier alpha value is -0.610. The lowest BCUT2D eigenvalue weighted by Gasteiger charge is -2.23. The van der Waals surface area contributed by atoms with Gasteiger partial charge in [0, 0.05) is 19.1 Å². The predicted molar refractivity (Wildman–Crippen MR) is 52.3 cm³/mol. The van der Waals surface area contributed by atoms with Crippen LogP contribution in [0.5, 0.6) is 0 Å². The number of nitrogens with one attached hydrogen (secondary N) is 1. The third-order valence-electron chi connectivity index (χ3n) is 2.51. The minimum atomic E-state index is 0.0520. The first kappa shape index (κ1) is 10.5. The van der Waals surface area contributed by atoms with Gasteiger partial charge < -0.3 is 16.0 Å². The zero-order valence-corrected chi connectivity index (χ0v) is 8.25. The van der Waals surface area contributed by atoms with E-state index in [1.54, 1.807) is 0 Å². The molecule has 1 rings (SSSR count). The van der Waals surface area contributed by atoms with Crippen molar-refractivity contribution in [1.29, 1.82) is 0 Å². The highest BCUT2D eigenvalue weighted by molar-refractivity contribution is 5.78. The molecule has 0 radical (unpaired) electrons. The number of hydrogen-bond donors (Lipinski definition) is 2. The second kappa shape index (κ2) is 5.19. The Morgan fingerprint density at radius 2 is 2.46 bits per heavy atom. The maximum absolute atomic E-state index is 11.3. The van der Waals surface area contributed by atoms with Crippen molar-refractivity contribution in [1.82, 2.24) is 10.2 Å². The summed E-state index contributed by atoms with van der Waals surface area (Å²) in [6.45, 7) is 4.77. The van der Waals surface area contributed by atoms with E-state index in [4.69, 9.17) is 5.73 Å². The maximum Gasteiger partial charge on any atom is 0.236 e. The summed E-state index contributed by atoms with van der Waals surface area (Å²) in [7, 11) is 0. The van der Waals surface area contributed by atoms with E-state index in [1.165, 1.54) is 12.8 Å². The molecule has 13 heavy (non-hydrogen) atoms. The van der Waals surface area contributed by atoms with Crippen molar-refractivity contribution in [3.05, 3.63) is 0 Å². The van der Waals surface area contributed by atoms with Crippen LogP contribution < -0.4 is 11.1 Å². The van der Waals surface area contributed by atoms with E-state index in [2.05, 4.69) is 5.32 Å². The SMILES string of the molecule is CCN(CC1CCCN1)C(=O)CN.